The molecule has 2 aromatic heterocycles. The Balaban J connectivity index is 1.49. The lowest BCUT2D eigenvalue weighted by molar-refractivity contribution is -0.118. The number of carbonyl (C=O) groups is 1. The van der Waals surface area contributed by atoms with Crippen molar-refractivity contribution >= 4 is 45.7 Å². The second kappa shape index (κ2) is 8.23. The summed E-state index contributed by atoms with van der Waals surface area (Å²) in [6, 6.07) is 10.1. The predicted molar refractivity (Wildman–Crippen MR) is 114 cm³/mol. The highest BCUT2D eigenvalue weighted by atomic mass is 35.5. The molecule has 0 bridgehead atoms. The molecule has 1 aliphatic carbocycles. The first-order valence-corrected chi connectivity index (χ1v) is 11.3. The Morgan fingerprint density at radius 3 is 2.75 bits per heavy atom. The van der Waals surface area contributed by atoms with E-state index in [1.807, 2.05) is 49.1 Å². The van der Waals surface area contributed by atoms with Crippen LogP contribution in [0.15, 0.2) is 34.7 Å². The van der Waals surface area contributed by atoms with Gasteiger partial charge in [0.15, 0.2) is 4.34 Å². The summed E-state index contributed by atoms with van der Waals surface area (Å²) in [4.78, 5) is 14.1. The van der Waals surface area contributed by atoms with Crippen LogP contribution in [0.1, 0.15) is 37.4 Å². The topological polar surface area (TPSA) is 63.9 Å². The van der Waals surface area contributed by atoms with Gasteiger partial charge in [-0.3, -0.25) is 9.69 Å². The third-order valence-electron chi connectivity index (χ3n) is 4.55. The number of rotatable bonds is 7. The van der Waals surface area contributed by atoms with E-state index in [2.05, 4.69) is 15.3 Å². The zero-order chi connectivity index (χ0) is 19.7. The molecule has 3 aromatic rings. The summed E-state index contributed by atoms with van der Waals surface area (Å²) >= 11 is 9.63. The third-order valence-corrected chi connectivity index (χ3v) is 7.02. The first kappa shape index (κ1) is 19.4. The molecule has 6 nitrogen and oxygen atoms in total. The average Bonchev–Trinajstić information content (AvgIpc) is 3.36. The van der Waals surface area contributed by atoms with Crippen LogP contribution in [0, 0.1) is 6.92 Å². The van der Waals surface area contributed by atoms with Crippen LogP contribution < -0.4 is 4.90 Å². The highest BCUT2D eigenvalue weighted by Gasteiger charge is 2.35. The minimum Gasteiger partial charge on any atom is -0.284 e. The van der Waals surface area contributed by atoms with Crippen LogP contribution >= 0.6 is 34.7 Å². The summed E-state index contributed by atoms with van der Waals surface area (Å²) in [7, 11) is 0. The Kier molecular flexibility index (Phi) is 5.70. The number of halogens is 1. The van der Waals surface area contributed by atoms with Crippen LogP contribution in [0.25, 0.3) is 5.69 Å². The molecule has 1 aromatic carbocycles. The molecule has 9 heteroatoms. The highest BCUT2D eigenvalue weighted by Crippen LogP contribution is 2.38. The van der Waals surface area contributed by atoms with Gasteiger partial charge in [-0.1, -0.05) is 59.8 Å². The molecule has 0 atom stereocenters. The lowest BCUT2D eigenvalue weighted by atomic mass is 10.3. The van der Waals surface area contributed by atoms with Crippen LogP contribution in [0.3, 0.4) is 0 Å². The van der Waals surface area contributed by atoms with Crippen molar-refractivity contribution < 1.29 is 4.79 Å². The van der Waals surface area contributed by atoms with E-state index in [9.17, 15) is 4.79 Å². The molecule has 1 saturated carbocycles. The second-order valence-electron chi connectivity index (χ2n) is 6.59. The Morgan fingerprint density at radius 2 is 2.07 bits per heavy atom. The highest BCUT2D eigenvalue weighted by molar-refractivity contribution is 8.00. The quantitative estimate of drug-likeness (QED) is 0.392. The molecule has 0 spiro atoms. The minimum atomic E-state index is 0.109. The fourth-order valence-corrected chi connectivity index (χ4v) is 5.33. The molecule has 146 valence electrons. The number of amides is 1. The molecule has 28 heavy (non-hydrogen) atoms. The van der Waals surface area contributed by atoms with Crippen molar-refractivity contribution in [2.45, 2.75) is 49.2 Å². The van der Waals surface area contributed by atoms with Gasteiger partial charge in [0.25, 0.3) is 0 Å². The molecular formula is C19H20ClN5OS2. The lowest BCUT2D eigenvalue weighted by Gasteiger charge is -2.17. The molecule has 2 heterocycles. The molecule has 0 radical (unpaired) electrons. The van der Waals surface area contributed by atoms with Crippen LogP contribution in [-0.4, -0.2) is 31.9 Å². The fraction of sp³-hybridized carbons (Fsp3) is 0.368. The van der Waals surface area contributed by atoms with E-state index in [-0.39, 0.29) is 5.91 Å². The van der Waals surface area contributed by atoms with Gasteiger partial charge in [0.1, 0.15) is 5.15 Å². The fourth-order valence-electron chi connectivity index (χ4n) is 2.90. The molecule has 1 amide bonds. The van der Waals surface area contributed by atoms with E-state index in [0.29, 0.717) is 28.5 Å². The van der Waals surface area contributed by atoms with E-state index in [1.54, 1.807) is 16.4 Å². The van der Waals surface area contributed by atoms with Crippen molar-refractivity contribution in [1.29, 1.82) is 0 Å². The van der Waals surface area contributed by atoms with E-state index in [4.69, 9.17) is 11.6 Å². The molecule has 1 fully saturated rings. The number of aryl methyl sites for hydroxylation is 1. The molecule has 0 unspecified atom stereocenters. The zero-order valence-corrected chi connectivity index (χ0v) is 18.0. The van der Waals surface area contributed by atoms with Crippen LogP contribution in [-0.2, 0) is 10.5 Å². The molecule has 0 N–H and O–H groups in total. The number of nitrogens with zero attached hydrogens (tertiary/aromatic N) is 5. The van der Waals surface area contributed by atoms with E-state index in [1.165, 1.54) is 11.3 Å². The van der Waals surface area contributed by atoms with Gasteiger partial charge in [0, 0.05) is 23.8 Å². The maximum absolute atomic E-state index is 12.2. The summed E-state index contributed by atoms with van der Waals surface area (Å²) in [6.07, 6.45) is 2.56. The number of thioether (sulfide) groups is 1. The second-order valence-corrected chi connectivity index (χ2v) is 9.13. The van der Waals surface area contributed by atoms with Crippen molar-refractivity contribution in [2.75, 3.05) is 4.90 Å². The molecule has 0 aliphatic heterocycles. The van der Waals surface area contributed by atoms with Gasteiger partial charge < -0.3 is 0 Å². The maximum Gasteiger partial charge on any atom is 0.228 e. The average molecular weight is 434 g/mol. The van der Waals surface area contributed by atoms with Gasteiger partial charge in [-0.2, -0.15) is 5.10 Å². The standard InChI is InChI=1S/C19H20ClN5OS2/c1-3-16(26)24(13-9-10-13)18-21-22-19(28-18)27-11-15-12(2)23-25(17(15)20)14-7-5-4-6-8-14/h4-8,13H,3,9-11H2,1-2H3. The molecule has 1 aliphatic rings. The summed E-state index contributed by atoms with van der Waals surface area (Å²) in [6.45, 7) is 3.84. The van der Waals surface area contributed by atoms with Crippen molar-refractivity contribution in [3.05, 3.63) is 46.7 Å². The van der Waals surface area contributed by atoms with Gasteiger partial charge >= 0.3 is 0 Å². The van der Waals surface area contributed by atoms with Gasteiger partial charge in [-0.25, -0.2) is 4.68 Å². The van der Waals surface area contributed by atoms with Gasteiger partial charge in [0.05, 0.1) is 11.4 Å². The first-order valence-electron chi connectivity index (χ1n) is 9.16. The first-order chi connectivity index (χ1) is 13.6. The number of anilines is 1. The van der Waals surface area contributed by atoms with Gasteiger partial charge in [-0.05, 0) is 31.9 Å². The monoisotopic (exact) mass is 433 g/mol. The SMILES string of the molecule is CCC(=O)N(c1nnc(SCc2c(C)nn(-c3ccccc3)c2Cl)s1)C1CC1. The van der Waals surface area contributed by atoms with Crippen molar-refractivity contribution in [3.8, 4) is 5.69 Å². The molecular weight excluding hydrogens is 414 g/mol. The summed E-state index contributed by atoms with van der Waals surface area (Å²) in [5, 5.41) is 14.4. The lowest BCUT2D eigenvalue weighted by Crippen LogP contribution is -2.32. The number of hydrogen-bond acceptors (Lipinski definition) is 6. The van der Waals surface area contributed by atoms with Crippen LogP contribution in [0.5, 0.6) is 0 Å². The number of aromatic nitrogens is 4. The minimum absolute atomic E-state index is 0.109. The summed E-state index contributed by atoms with van der Waals surface area (Å²) in [5.74, 6) is 0.760. The zero-order valence-electron chi connectivity index (χ0n) is 15.6. The molecule has 4 rings (SSSR count). The van der Waals surface area contributed by atoms with Gasteiger partial charge in [-0.15, -0.1) is 10.2 Å². The van der Waals surface area contributed by atoms with Crippen LogP contribution in [0.4, 0.5) is 5.13 Å². The Bertz CT molecular complexity index is 984. The van der Waals surface area contributed by atoms with E-state index < -0.39 is 0 Å². The summed E-state index contributed by atoms with van der Waals surface area (Å²) in [5.41, 5.74) is 2.81. The third kappa shape index (κ3) is 3.94. The molecule has 0 saturated heterocycles. The number of benzene rings is 1. The summed E-state index contributed by atoms with van der Waals surface area (Å²) < 4.78 is 2.58. The van der Waals surface area contributed by atoms with Crippen molar-refractivity contribution in [2.24, 2.45) is 0 Å². The number of para-hydroxylation sites is 1. The van der Waals surface area contributed by atoms with E-state index >= 15 is 0 Å². The van der Waals surface area contributed by atoms with E-state index in [0.717, 1.165) is 34.1 Å². The smallest absolute Gasteiger partial charge is 0.228 e. The van der Waals surface area contributed by atoms with Crippen molar-refractivity contribution in [3.63, 3.8) is 0 Å². The number of carbonyl (C=O) groups excluding carboxylic acids is 1. The Morgan fingerprint density at radius 1 is 1.32 bits per heavy atom. The van der Waals surface area contributed by atoms with Crippen molar-refractivity contribution in [1.82, 2.24) is 20.0 Å². The normalized spacial score (nSPS) is 13.7. The Hall–Kier alpha value is -1.90. The van der Waals surface area contributed by atoms with Crippen LogP contribution in [0.2, 0.25) is 5.15 Å². The number of hydrogen-bond donors (Lipinski definition) is 0. The maximum atomic E-state index is 12.2. The predicted octanol–water partition coefficient (Wildman–Crippen LogP) is 4.88. The largest absolute Gasteiger partial charge is 0.284 e. The Labute approximate surface area is 176 Å². The van der Waals surface area contributed by atoms with Gasteiger partial charge in [0.2, 0.25) is 11.0 Å².